The fourth-order valence-corrected chi connectivity index (χ4v) is 1.78. The first-order valence-corrected chi connectivity index (χ1v) is 6.39. The van der Waals surface area contributed by atoms with E-state index in [1.54, 1.807) is 0 Å². The predicted octanol–water partition coefficient (Wildman–Crippen LogP) is -1.05. The van der Waals surface area contributed by atoms with Crippen molar-refractivity contribution in [1.82, 2.24) is 0 Å². The van der Waals surface area contributed by atoms with Crippen LogP contribution in [-0.4, -0.2) is 0 Å². The molecule has 0 spiro atoms. The van der Waals surface area contributed by atoms with E-state index in [1.807, 2.05) is 0 Å². The molecule has 0 radical (unpaired) electrons. The second kappa shape index (κ2) is 20.0. The quantitative estimate of drug-likeness (QED) is 0.431. The van der Waals surface area contributed by atoms with Gasteiger partial charge in [0, 0.05) is 0 Å². The SMILES string of the molecule is CCCC1=[C-]CC=C1.CCCC1=[C-]CC=C1.[Cl-].[Cl-].[Ti+2].[Ti+2]. The number of hydrogen-bond donors (Lipinski definition) is 0. The Bertz CT molecular complexity index is 286. The first-order chi connectivity index (χ1) is 7.86. The van der Waals surface area contributed by atoms with Gasteiger partial charge in [0.1, 0.15) is 0 Å². The Morgan fingerprint density at radius 3 is 1.35 bits per heavy atom. The van der Waals surface area contributed by atoms with E-state index in [4.69, 9.17) is 0 Å². The molecular weight excluding hydrogens is 359 g/mol. The van der Waals surface area contributed by atoms with E-state index in [0.717, 1.165) is 12.8 Å². The summed E-state index contributed by atoms with van der Waals surface area (Å²) in [5.74, 6) is 0. The van der Waals surface area contributed by atoms with Gasteiger partial charge in [-0.05, 0) is 0 Å². The molecule has 0 aromatic heterocycles. The average molecular weight is 381 g/mol. The number of allylic oxidation sites excluding steroid dienone is 8. The second-order valence-corrected chi connectivity index (χ2v) is 4.12. The molecule has 2 aliphatic rings. The molecule has 0 aromatic rings. The zero-order valence-corrected chi connectivity index (χ0v) is 16.9. The van der Waals surface area contributed by atoms with Gasteiger partial charge in [0.25, 0.3) is 0 Å². The summed E-state index contributed by atoms with van der Waals surface area (Å²) in [4.78, 5) is 0. The third kappa shape index (κ3) is 13.9. The molecule has 4 heteroatoms. The van der Waals surface area contributed by atoms with Crippen LogP contribution in [0.1, 0.15) is 52.4 Å². The van der Waals surface area contributed by atoms with Gasteiger partial charge in [-0.15, -0.1) is 12.8 Å². The Morgan fingerprint density at radius 1 is 0.800 bits per heavy atom. The van der Waals surface area contributed by atoms with Crippen molar-refractivity contribution in [3.05, 3.63) is 47.6 Å². The molecule has 108 valence electrons. The summed E-state index contributed by atoms with van der Waals surface area (Å²) in [5.41, 5.74) is 2.79. The van der Waals surface area contributed by atoms with Crippen LogP contribution in [0.2, 0.25) is 0 Å². The molecule has 0 N–H and O–H groups in total. The Labute approximate surface area is 167 Å². The van der Waals surface area contributed by atoms with Crippen LogP contribution in [0.4, 0.5) is 0 Å². The van der Waals surface area contributed by atoms with Crippen LogP contribution in [0, 0.1) is 12.2 Å². The van der Waals surface area contributed by atoms with Crippen molar-refractivity contribution < 1.29 is 68.2 Å². The summed E-state index contributed by atoms with van der Waals surface area (Å²) in [5, 5.41) is 0. The standard InChI is InChI=1S/2C8H11.2ClH.2Ti/c2*1-2-5-8-6-3-4-7-8;;;;/h2*3,6H,2,4-5H2,1H3;2*1H;;/q2*-1;;;2*+2/p-2. The van der Waals surface area contributed by atoms with Crippen molar-refractivity contribution in [3.8, 4) is 0 Å². The van der Waals surface area contributed by atoms with Crippen LogP contribution in [0.25, 0.3) is 0 Å². The fraction of sp³-hybridized carbons (Fsp3) is 0.500. The van der Waals surface area contributed by atoms with Crippen molar-refractivity contribution in [3.63, 3.8) is 0 Å². The predicted molar refractivity (Wildman–Crippen MR) is 70.8 cm³/mol. The Morgan fingerprint density at radius 2 is 1.15 bits per heavy atom. The molecule has 0 aromatic carbocycles. The summed E-state index contributed by atoms with van der Waals surface area (Å²) < 4.78 is 0. The minimum atomic E-state index is 0. The fourth-order valence-electron chi connectivity index (χ4n) is 1.78. The molecule has 0 bridgehead atoms. The first-order valence-electron chi connectivity index (χ1n) is 6.39. The molecule has 0 atom stereocenters. The van der Waals surface area contributed by atoms with Crippen molar-refractivity contribution in [2.45, 2.75) is 52.4 Å². The minimum Gasteiger partial charge on any atom is -1.00 e. The zero-order chi connectivity index (χ0) is 11.6. The van der Waals surface area contributed by atoms with E-state index in [0.29, 0.717) is 0 Å². The van der Waals surface area contributed by atoms with E-state index < -0.39 is 0 Å². The van der Waals surface area contributed by atoms with Crippen LogP contribution >= 0.6 is 0 Å². The Balaban J connectivity index is -0.000000107. The van der Waals surface area contributed by atoms with Gasteiger partial charge in [-0.1, -0.05) is 39.5 Å². The maximum absolute atomic E-state index is 3.26. The van der Waals surface area contributed by atoms with Crippen molar-refractivity contribution in [1.29, 1.82) is 0 Å². The Kier molecular flexibility index (Phi) is 29.0. The van der Waals surface area contributed by atoms with E-state index >= 15 is 0 Å². The van der Waals surface area contributed by atoms with E-state index in [-0.39, 0.29) is 68.2 Å². The molecule has 0 amide bonds. The molecular formula is C16H22Cl2Ti2. The molecule has 20 heavy (non-hydrogen) atoms. The van der Waals surface area contributed by atoms with Gasteiger partial charge in [-0.25, -0.2) is 23.3 Å². The van der Waals surface area contributed by atoms with Crippen molar-refractivity contribution >= 4 is 0 Å². The first kappa shape index (κ1) is 29.0. The number of halogens is 2. The zero-order valence-electron chi connectivity index (χ0n) is 12.3. The largest absolute Gasteiger partial charge is 2.00 e. The normalized spacial score (nSPS) is 13.5. The molecule has 0 saturated carbocycles. The topological polar surface area (TPSA) is 0 Å². The maximum atomic E-state index is 3.26. The third-order valence-electron chi connectivity index (χ3n) is 2.57. The molecule has 2 aliphatic carbocycles. The summed E-state index contributed by atoms with van der Waals surface area (Å²) in [6.45, 7) is 4.39. The molecule has 0 saturated heterocycles. The molecule has 0 fully saturated rings. The van der Waals surface area contributed by atoms with E-state index in [9.17, 15) is 0 Å². The van der Waals surface area contributed by atoms with Gasteiger partial charge >= 0.3 is 43.4 Å². The monoisotopic (exact) mass is 380 g/mol. The summed E-state index contributed by atoms with van der Waals surface area (Å²) in [7, 11) is 0. The van der Waals surface area contributed by atoms with Crippen LogP contribution in [0.15, 0.2) is 35.5 Å². The van der Waals surface area contributed by atoms with Crippen LogP contribution in [0.5, 0.6) is 0 Å². The molecule has 2 rings (SSSR count). The molecule has 0 heterocycles. The summed E-state index contributed by atoms with van der Waals surface area (Å²) in [6, 6.07) is 0. The van der Waals surface area contributed by atoms with Crippen molar-refractivity contribution in [2.75, 3.05) is 0 Å². The van der Waals surface area contributed by atoms with Crippen LogP contribution < -0.4 is 24.8 Å². The smallest absolute Gasteiger partial charge is 1.00 e. The van der Waals surface area contributed by atoms with Crippen LogP contribution in [-0.2, 0) is 43.4 Å². The summed E-state index contributed by atoms with van der Waals surface area (Å²) in [6.07, 6.45) is 22.2. The van der Waals surface area contributed by atoms with Gasteiger partial charge in [-0.2, -0.15) is 12.2 Å². The van der Waals surface area contributed by atoms with Gasteiger partial charge < -0.3 is 24.8 Å². The van der Waals surface area contributed by atoms with Crippen LogP contribution in [0.3, 0.4) is 0 Å². The second-order valence-electron chi connectivity index (χ2n) is 4.12. The maximum Gasteiger partial charge on any atom is 2.00 e. The van der Waals surface area contributed by atoms with Gasteiger partial charge in [0.15, 0.2) is 0 Å². The van der Waals surface area contributed by atoms with E-state index in [1.165, 1.54) is 36.8 Å². The Hall–Kier alpha value is 0.969. The minimum absolute atomic E-state index is 0. The molecule has 0 nitrogen and oxygen atoms in total. The van der Waals surface area contributed by atoms with Gasteiger partial charge in [-0.3, -0.25) is 12.2 Å². The van der Waals surface area contributed by atoms with Crippen molar-refractivity contribution in [2.24, 2.45) is 0 Å². The summed E-state index contributed by atoms with van der Waals surface area (Å²) >= 11 is 0. The third-order valence-corrected chi connectivity index (χ3v) is 2.57. The molecule has 0 aliphatic heterocycles. The van der Waals surface area contributed by atoms with Gasteiger partial charge in [0.2, 0.25) is 0 Å². The average Bonchev–Trinajstić information content (AvgIpc) is 2.92. The molecule has 0 unspecified atom stereocenters. The van der Waals surface area contributed by atoms with E-state index in [2.05, 4.69) is 50.3 Å². The number of rotatable bonds is 4. The number of hydrogen-bond acceptors (Lipinski definition) is 0. The van der Waals surface area contributed by atoms with Gasteiger partial charge in [0.05, 0.1) is 0 Å².